The van der Waals surface area contributed by atoms with Crippen LogP contribution < -0.4 is 5.32 Å². The molecular weight excluding hydrogens is 298 g/mol. The van der Waals surface area contributed by atoms with Crippen LogP contribution in [0, 0.1) is 0 Å². The van der Waals surface area contributed by atoms with Crippen molar-refractivity contribution in [2.45, 2.75) is 0 Å². The summed E-state index contributed by atoms with van der Waals surface area (Å²) in [4.78, 5) is 0. The largest absolute Gasteiger partial charge is 0.361 e. The van der Waals surface area contributed by atoms with Crippen LogP contribution in [0.3, 0.4) is 0 Å². The summed E-state index contributed by atoms with van der Waals surface area (Å²) in [5, 5.41) is 17.5. The molecular formula is C19H15N5. The van der Waals surface area contributed by atoms with E-state index in [1.165, 1.54) is 10.8 Å². The Morgan fingerprint density at radius 1 is 0.833 bits per heavy atom. The summed E-state index contributed by atoms with van der Waals surface area (Å²) in [7, 11) is 0. The smallest absolute Gasteiger partial charge is 0.181 e. The van der Waals surface area contributed by atoms with Gasteiger partial charge in [-0.05, 0) is 34.0 Å². The van der Waals surface area contributed by atoms with E-state index < -0.39 is 0 Å². The SMILES string of the molecule is C(=C/c1nnnn1-c1ccccc1)/Nc1cccc2ccccc12. The Kier molecular flexibility index (Phi) is 3.73. The molecule has 0 saturated heterocycles. The van der Waals surface area contributed by atoms with E-state index in [4.69, 9.17) is 0 Å². The lowest BCUT2D eigenvalue weighted by Gasteiger charge is -2.06. The highest BCUT2D eigenvalue weighted by Gasteiger charge is 2.04. The average Bonchev–Trinajstić information content (AvgIpc) is 3.11. The molecule has 5 nitrogen and oxygen atoms in total. The van der Waals surface area contributed by atoms with E-state index in [2.05, 4.69) is 39.0 Å². The Labute approximate surface area is 139 Å². The van der Waals surface area contributed by atoms with Crippen molar-refractivity contribution >= 4 is 22.5 Å². The minimum atomic E-state index is 0.661. The second-order valence-corrected chi connectivity index (χ2v) is 5.29. The number of tetrazole rings is 1. The molecule has 4 aromatic rings. The van der Waals surface area contributed by atoms with Crippen molar-refractivity contribution in [3.8, 4) is 5.69 Å². The van der Waals surface area contributed by atoms with Crippen LogP contribution in [0.2, 0.25) is 0 Å². The van der Waals surface area contributed by atoms with Crippen LogP contribution in [0.15, 0.2) is 79.0 Å². The molecule has 0 unspecified atom stereocenters. The van der Waals surface area contributed by atoms with Gasteiger partial charge in [-0.3, -0.25) is 0 Å². The Bertz CT molecular complexity index is 984. The third-order valence-electron chi connectivity index (χ3n) is 3.76. The maximum absolute atomic E-state index is 4.06. The van der Waals surface area contributed by atoms with Crippen molar-refractivity contribution in [2.75, 3.05) is 5.32 Å². The quantitative estimate of drug-likeness (QED) is 0.621. The van der Waals surface area contributed by atoms with Crippen LogP contribution in [-0.4, -0.2) is 20.2 Å². The van der Waals surface area contributed by atoms with E-state index >= 15 is 0 Å². The van der Waals surface area contributed by atoms with Crippen LogP contribution in [0.5, 0.6) is 0 Å². The molecule has 0 aliphatic rings. The van der Waals surface area contributed by atoms with Gasteiger partial charge in [0.25, 0.3) is 0 Å². The molecule has 1 N–H and O–H groups in total. The first-order chi connectivity index (χ1) is 11.9. The van der Waals surface area contributed by atoms with Crippen LogP contribution in [0.25, 0.3) is 22.5 Å². The maximum Gasteiger partial charge on any atom is 0.181 e. The first-order valence-electron chi connectivity index (χ1n) is 7.66. The van der Waals surface area contributed by atoms with E-state index in [1.807, 2.05) is 66.9 Å². The number of anilines is 1. The number of fused-ring (bicyclic) bond motifs is 1. The lowest BCUT2D eigenvalue weighted by atomic mass is 10.1. The second-order valence-electron chi connectivity index (χ2n) is 5.29. The predicted molar refractivity (Wildman–Crippen MR) is 95.8 cm³/mol. The van der Waals surface area contributed by atoms with Gasteiger partial charge in [0.05, 0.1) is 5.69 Å². The fourth-order valence-corrected chi connectivity index (χ4v) is 2.61. The normalized spacial score (nSPS) is 11.2. The fourth-order valence-electron chi connectivity index (χ4n) is 2.61. The number of hydrogen-bond donors (Lipinski definition) is 1. The third-order valence-corrected chi connectivity index (χ3v) is 3.76. The highest BCUT2D eigenvalue weighted by molar-refractivity contribution is 5.94. The fraction of sp³-hybridized carbons (Fsp3) is 0. The van der Waals surface area contributed by atoms with Crippen molar-refractivity contribution < 1.29 is 0 Å². The minimum absolute atomic E-state index is 0.661. The first-order valence-corrected chi connectivity index (χ1v) is 7.66. The van der Waals surface area contributed by atoms with Crippen molar-refractivity contribution in [3.05, 3.63) is 84.8 Å². The summed E-state index contributed by atoms with van der Waals surface area (Å²) in [6, 6.07) is 24.3. The van der Waals surface area contributed by atoms with Crippen molar-refractivity contribution in [2.24, 2.45) is 0 Å². The Morgan fingerprint density at radius 2 is 1.62 bits per heavy atom. The Morgan fingerprint density at radius 3 is 2.54 bits per heavy atom. The van der Waals surface area contributed by atoms with Gasteiger partial charge in [0, 0.05) is 23.3 Å². The van der Waals surface area contributed by atoms with Crippen LogP contribution in [0.1, 0.15) is 5.82 Å². The molecule has 24 heavy (non-hydrogen) atoms. The highest BCUT2D eigenvalue weighted by Crippen LogP contribution is 2.23. The monoisotopic (exact) mass is 313 g/mol. The molecule has 0 radical (unpaired) electrons. The molecule has 0 amide bonds. The Balaban J connectivity index is 1.60. The van der Waals surface area contributed by atoms with E-state index in [-0.39, 0.29) is 0 Å². The summed E-state index contributed by atoms with van der Waals surface area (Å²) in [5.41, 5.74) is 1.97. The molecule has 1 aromatic heterocycles. The molecule has 0 aliphatic carbocycles. The van der Waals surface area contributed by atoms with Crippen LogP contribution in [0.4, 0.5) is 5.69 Å². The zero-order valence-electron chi connectivity index (χ0n) is 12.9. The summed E-state index contributed by atoms with van der Waals surface area (Å²) in [6.45, 7) is 0. The molecule has 0 atom stereocenters. The molecule has 4 rings (SSSR count). The molecule has 3 aromatic carbocycles. The van der Waals surface area contributed by atoms with Crippen molar-refractivity contribution in [3.63, 3.8) is 0 Å². The predicted octanol–water partition coefficient (Wildman–Crippen LogP) is 3.90. The van der Waals surface area contributed by atoms with E-state index in [0.717, 1.165) is 11.4 Å². The summed E-state index contributed by atoms with van der Waals surface area (Å²) in [5.74, 6) is 0.661. The lowest BCUT2D eigenvalue weighted by Crippen LogP contribution is -1.99. The van der Waals surface area contributed by atoms with Gasteiger partial charge >= 0.3 is 0 Å². The van der Waals surface area contributed by atoms with Crippen LogP contribution >= 0.6 is 0 Å². The molecule has 0 bridgehead atoms. The number of hydrogen-bond acceptors (Lipinski definition) is 4. The summed E-state index contributed by atoms with van der Waals surface area (Å²) < 4.78 is 1.70. The van der Waals surface area contributed by atoms with Gasteiger partial charge in [0.1, 0.15) is 0 Å². The number of aromatic nitrogens is 4. The number of benzene rings is 3. The van der Waals surface area contributed by atoms with Crippen LogP contribution in [-0.2, 0) is 0 Å². The van der Waals surface area contributed by atoms with E-state index in [9.17, 15) is 0 Å². The molecule has 1 heterocycles. The average molecular weight is 313 g/mol. The van der Waals surface area contributed by atoms with Gasteiger partial charge in [0.15, 0.2) is 5.82 Å². The van der Waals surface area contributed by atoms with Gasteiger partial charge in [-0.1, -0.05) is 54.6 Å². The zero-order valence-corrected chi connectivity index (χ0v) is 12.9. The Hall–Kier alpha value is -3.47. The molecule has 0 fully saturated rings. The van der Waals surface area contributed by atoms with Crippen molar-refractivity contribution in [1.29, 1.82) is 0 Å². The second kappa shape index (κ2) is 6.34. The minimum Gasteiger partial charge on any atom is -0.361 e. The molecule has 0 spiro atoms. The van der Waals surface area contributed by atoms with Gasteiger partial charge in [0.2, 0.25) is 0 Å². The molecule has 0 aliphatic heterocycles. The number of nitrogens with one attached hydrogen (secondary N) is 1. The van der Waals surface area contributed by atoms with Crippen molar-refractivity contribution in [1.82, 2.24) is 20.2 Å². The summed E-state index contributed by atoms with van der Waals surface area (Å²) in [6.07, 6.45) is 3.71. The van der Waals surface area contributed by atoms with Gasteiger partial charge in [-0.25, -0.2) is 0 Å². The molecule has 116 valence electrons. The number of rotatable bonds is 4. The third kappa shape index (κ3) is 2.75. The first kappa shape index (κ1) is 14.1. The van der Waals surface area contributed by atoms with E-state index in [0.29, 0.717) is 5.82 Å². The number of para-hydroxylation sites is 1. The summed E-state index contributed by atoms with van der Waals surface area (Å²) >= 11 is 0. The number of nitrogens with zero attached hydrogens (tertiary/aromatic N) is 4. The standard InChI is InChI=1S/C19H15N5/c1-2-9-16(10-3-1)24-19(21-22-23-24)13-14-20-18-12-6-8-15-7-4-5-11-17(15)18/h1-14,20H/b14-13-. The lowest BCUT2D eigenvalue weighted by molar-refractivity contribution is 0.787. The molecule has 0 saturated carbocycles. The van der Waals surface area contributed by atoms with Gasteiger partial charge in [-0.15, -0.1) is 5.10 Å². The van der Waals surface area contributed by atoms with Gasteiger partial charge in [-0.2, -0.15) is 4.68 Å². The van der Waals surface area contributed by atoms with Gasteiger partial charge < -0.3 is 5.32 Å². The topological polar surface area (TPSA) is 55.6 Å². The van der Waals surface area contributed by atoms with E-state index in [1.54, 1.807) is 4.68 Å². The maximum atomic E-state index is 4.06. The highest BCUT2D eigenvalue weighted by atomic mass is 15.5. The molecule has 5 heteroatoms. The zero-order chi connectivity index (χ0) is 16.2.